The molecule has 2 aliphatic rings. The number of piperazine rings is 1. The second kappa shape index (κ2) is 6.91. The van der Waals surface area contributed by atoms with Crippen LogP contribution in [0.5, 0.6) is 0 Å². The molecule has 2 aromatic rings. The Hall–Kier alpha value is -3.36. The van der Waals surface area contributed by atoms with Crippen molar-refractivity contribution >= 4 is 23.4 Å². The lowest BCUT2D eigenvalue weighted by molar-refractivity contribution is -0.124. The summed E-state index contributed by atoms with van der Waals surface area (Å²) in [6.45, 7) is 1.81. The molecule has 0 unspecified atom stereocenters. The van der Waals surface area contributed by atoms with E-state index in [-0.39, 0.29) is 24.1 Å². The van der Waals surface area contributed by atoms with Crippen LogP contribution in [0.4, 0.5) is 18.9 Å². The van der Waals surface area contributed by atoms with Crippen molar-refractivity contribution in [2.24, 2.45) is 0 Å². The predicted octanol–water partition coefficient (Wildman–Crippen LogP) is 2.38. The van der Waals surface area contributed by atoms with Crippen molar-refractivity contribution in [2.75, 3.05) is 11.9 Å². The normalized spacial score (nSPS) is 20.0. The molecule has 2 bridgehead atoms. The fourth-order valence-electron chi connectivity index (χ4n) is 3.70. The van der Waals surface area contributed by atoms with Crippen LogP contribution in [0.3, 0.4) is 0 Å². The molecule has 9 heteroatoms. The number of anilines is 1. The summed E-state index contributed by atoms with van der Waals surface area (Å²) in [6, 6.07) is 4.09. The number of hydrogen-bond acceptors (Lipinski definition) is 3. The molecule has 150 valence electrons. The Morgan fingerprint density at radius 3 is 2.55 bits per heavy atom. The highest BCUT2D eigenvalue weighted by atomic mass is 19.1. The zero-order chi connectivity index (χ0) is 20.9. The molecule has 2 aromatic carbocycles. The van der Waals surface area contributed by atoms with Crippen LogP contribution in [0.1, 0.15) is 32.7 Å². The van der Waals surface area contributed by atoms with E-state index in [4.69, 9.17) is 0 Å². The van der Waals surface area contributed by atoms with Crippen LogP contribution in [0.15, 0.2) is 30.3 Å². The molecular weight excluding hydrogens is 387 g/mol. The van der Waals surface area contributed by atoms with Gasteiger partial charge in [-0.15, -0.1) is 0 Å². The molecule has 2 saturated heterocycles. The topological polar surface area (TPSA) is 78.5 Å². The number of halogens is 3. The monoisotopic (exact) mass is 403 g/mol. The number of amides is 3. The fourth-order valence-corrected chi connectivity index (χ4v) is 3.70. The third-order valence-electron chi connectivity index (χ3n) is 5.19. The van der Waals surface area contributed by atoms with E-state index in [0.29, 0.717) is 18.1 Å². The van der Waals surface area contributed by atoms with Crippen LogP contribution >= 0.6 is 0 Å². The van der Waals surface area contributed by atoms with E-state index >= 15 is 0 Å². The summed E-state index contributed by atoms with van der Waals surface area (Å²) < 4.78 is 42.0. The first-order valence-electron chi connectivity index (χ1n) is 8.92. The van der Waals surface area contributed by atoms with E-state index in [9.17, 15) is 27.6 Å². The molecule has 0 aromatic heterocycles. The first-order chi connectivity index (χ1) is 13.7. The van der Waals surface area contributed by atoms with Crippen molar-refractivity contribution in [3.8, 4) is 0 Å². The molecule has 0 saturated carbocycles. The van der Waals surface area contributed by atoms with Crippen molar-refractivity contribution in [3.63, 3.8) is 0 Å². The van der Waals surface area contributed by atoms with Gasteiger partial charge in [-0.05, 0) is 37.1 Å². The van der Waals surface area contributed by atoms with Gasteiger partial charge >= 0.3 is 0 Å². The van der Waals surface area contributed by atoms with Crippen molar-refractivity contribution < 1.29 is 27.6 Å². The molecule has 4 rings (SSSR count). The van der Waals surface area contributed by atoms with Crippen LogP contribution in [0, 0.1) is 24.4 Å². The number of rotatable bonds is 3. The van der Waals surface area contributed by atoms with Gasteiger partial charge in [-0.2, -0.15) is 0 Å². The molecule has 2 aliphatic heterocycles. The molecule has 0 radical (unpaired) electrons. The van der Waals surface area contributed by atoms with Gasteiger partial charge in [0, 0.05) is 24.2 Å². The number of benzene rings is 2. The number of aryl methyl sites for hydroxylation is 1. The second-order valence-corrected chi connectivity index (χ2v) is 7.14. The van der Waals surface area contributed by atoms with Crippen LogP contribution in [-0.2, 0) is 4.79 Å². The minimum absolute atomic E-state index is 0.0184. The van der Waals surface area contributed by atoms with Crippen molar-refractivity contribution in [1.82, 2.24) is 10.2 Å². The SMILES string of the molecule is Cc1ccc(F)cc1C(=O)Nc1cc(C(=O)N2C[C@@H]3C[C@H]2C(=O)N3)c(F)cc1F. The van der Waals surface area contributed by atoms with Gasteiger partial charge in [-0.25, -0.2) is 13.2 Å². The largest absolute Gasteiger partial charge is 0.350 e. The lowest BCUT2D eigenvalue weighted by Crippen LogP contribution is -2.50. The molecule has 2 atom stereocenters. The maximum atomic E-state index is 14.3. The molecule has 0 spiro atoms. The molecule has 3 amide bonds. The van der Waals surface area contributed by atoms with Gasteiger partial charge in [0.1, 0.15) is 23.5 Å². The molecule has 6 nitrogen and oxygen atoms in total. The highest BCUT2D eigenvalue weighted by molar-refractivity contribution is 6.06. The summed E-state index contributed by atoms with van der Waals surface area (Å²) in [4.78, 5) is 38.2. The lowest BCUT2D eigenvalue weighted by Gasteiger charge is -2.26. The van der Waals surface area contributed by atoms with Gasteiger partial charge in [-0.3, -0.25) is 14.4 Å². The number of likely N-dealkylation sites (tertiary alicyclic amines) is 1. The Bertz CT molecular complexity index is 1060. The molecule has 29 heavy (non-hydrogen) atoms. The van der Waals surface area contributed by atoms with Crippen molar-refractivity contribution in [3.05, 3.63) is 64.5 Å². The maximum Gasteiger partial charge on any atom is 0.257 e. The molecule has 2 fully saturated rings. The molecular formula is C20H16F3N3O3. The smallest absolute Gasteiger partial charge is 0.257 e. The van der Waals surface area contributed by atoms with E-state index < -0.39 is 46.6 Å². The van der Waals surface area contributed by atoms with Gasteiger partial charge in [-0.1, -0.05) is 6.07 Å². The van der Waals surface area contributed by atoms with Crippen LogP contribution in [0.2, 0.25) is 0 Å². The number of fused-ring (bicyclic) bond motifs is 2. The van der Waals surface area contributed by atoms with E-state index in [2.05, 4.69) is 10.6 Å². The standard InChI is InChI=1S/C20H16F3N3O3/c1-9-2-3-10(21)4-12(9)18(27)25-16-6-13(14(22)7-15(16)23)20(29)26-8-11-5-17(26)19(28)24-11/h2-4,6-7,11,17H,5,8H2,1H3,(H,24,28)(H,25,27)/t11-,17-/m0/s1. The minimum atomic E-state index is -1.10. The van der Waals surface area contributed by atoms with Gasteiger partial charge in [0.25, 0.3) is 11.8 Å². The number of nitrogens with zero attached hydrogens (tertiary/aromatic N) is 1. The second-order valence-electron chi connectivity index (χ2n) is 7.14. The number of carbonyl (C=O) groups excluding carboxylic acids is 3. The zero-order valence-corrected chi connectivity index (χ0v) is 15.3. The van der Waals surface area contributed by atoms with E-state index in [1.165, 1.54) is 17.0 Å². The minimum Gasteiger partial charge on any atom is -0.350 e. The number of hydrogen-bond donors (Lipinski definition) is 2. The Kier molecular flexibility index (Phi) is 4.52. The van der Waals surface area contributed by atoms with E-state index in [1.54, 1.807) is 6.92 Å². The highest BCUT2D eigenvalue weighted by Crippen LogP contribution is 2.28. The van der Waals surface area contributed by atoms with Crippen LogP contribution in [-0.4, -0.2) is 41.2 Å². The maximum absolute atomic E-state index is 14.3. The summed E-state index contributed by atoms with van der Waals surface area (Å²) in [5.41, 5.74) is -0.438. The molecule has 2 heterocycles. The van der Waals surface area contributed by atoms with Crippen LogP contribution in [0.25, 0.3) is 0 Å². The lowest BCUT2D eigenvalue weighted by atomic mass is 10.1. The fraction of sp³-hybridized carbons (Fsp3) is 0.250. The van der Waals surface area contributed by atoms with Gasteiger partial charge < -0.3 is 15.5 Å². The van der Waals surface area contributed by atoms with Crippen molar-refractivity contribution in [1.29, 1.82) is 0 Å². The summed E-state index contributed by atoms with van der Waals surface area (Å²) in [7, 11) is 0. The predicted molar refractivity (Wildman–Crippen MR) is 96.8 cm³/mol. The Labute approximate surface area is 163 Å². The van der Waals surface area contributed by atoms with Crippen LogP contribution < -0.4 is 10.6 Å². The van der Waals surface area contributed by atoms with E-state index in [0.717, 1.165) is 12.1 Å². The van der Waals surface area contributed by atoms with Gasteiger partial charge in [0.2, 0.25) is 5.91 Å². The summed E-state index contributed by atoms with van der Waals surface area (Å²) >= 11 is 0. The molecule has 0 aliphatic carbocycles. The Morgan fingerprint density at radius 2 is 1.86 bits per heavy atom. The highest BCUT2D eigenvalue weighted by Gasteiger charge is 2.46. The van der Waals surface area contributed by atoms with Gasteiger partial charge in [0.15, 0.2) is 0 Å². The average Bonchev–Trinajstić information content (AvgIpc) is 3.24. The average molecular weight is 403 g/mol. The number of carbonyl (C=O) groups is 3. The van der Waals surface area contributed by atoms with E-state index in [1.807, 2.05) is 0 Å². The third kappa shape index (κ3) is 3.32. The number of nitrogens with one attached hydrogen (secondary N) is 2. The summed E-state index contributed by atoms with van der Waals surface area (Å²) in [6.07, 6.45) is 0.440. The summed E-state index contributed by atoms with van der Waals surface area (Å²) in [5.74, 6) is -4.70. The summed E-state index contributed by atoms with van der Waals surface area (Å²) in [5, 5.41) is 4.96. The first-order valence-corrected chi connectivity index (χ1v) is 8.92. The van der Waals surface area contributed by atoms with Gasteiger partial charge in [0.05, 0.1) is 11.3 Å². The Balaban J connectivity index is 1.62. The quantitative estimate of drug-likeness (QED) is 0.826. The molecule has 2 N–H and O–H groups in total. The Morgan fingerprint density at radius 1 is 1.10 bits per heavy atom. The third-order valence-corrected chi connectivity index (χ3v) is 5.19. The van der Waals surface area contributed by atoms with Crippen molar-refractivity contribution in [2.45, 2.75) is 25.4 Å². The first kappa shape index (κ1) is 19.0. The zero-order valence-electron chi connectivity index (χ0n) is 15.3.